The molecule has 0 saturated carbocycles. The van der Waals surface area contributed by atoms with Crippen molar-refractivity contribution in [1.82, 2.24) is 19.8 Å². The van der Waals surface area contributed by atoms with Gasteiger partial charge in [0.25, 0.3) is 5.56 Å². The number of hydrogen-bond donors (Lipinski definition) is 2. The van der Waals surface area contributed by atoms with Crippen LogP contribution in [0.1, 0.15) is 44.1 Å². The second-order valence-corrected chi connectivity index (χ2v) is 10.1. The molecule has 190 valence electrons. The molecule has 3 aromatic rings. The van der Waals surface area contributed by atoms with Crippen molar-refractivity contribution in [3.05, 3.63) is 78.8 Å². The summed E-state index contributed by atoms with van der Waals surface area (Å²) in [5.41, 5.74) is 1.51. The van der Waals surface area contributed by atoms with Crippen molar-refractivity contribution >= 4 is 45.0 Å². The SMILES string of the molecule is O=C(CCn1c(=O)c2sccc2n(CC(=O)NCCC2=CCCCC2)c1=O)NCc1ccccc1Cl. The summed E-state index contributed by atoms with van der Waals surface area (Å²) in [6.45, 7) is 0.482. The lowest BCUT2D eigenvalue weighted by Crippen LogP contribution is -2.43. The Labute approximate surface area is 217 Å². The first kappa shape index (κ1) is 25.9. The van der Waals surface area contributed by atoms with E-state index < -0.39 is 11.2 Å². The summed E-state index contributed by atoms with van der Waals surface area (Å²) in [6, 6.07) is 8.86. The Morgan fingerprint density at radius 2 is 1.86 bits per heavy atom. The van der Waals surface area contributed by atoms with E-state index in [2.05, 4.69) is 16.7 Å². The molecule has 2 N–H and O–H groups in total. The zero-order chi connectivity index (χ0) is 25.5. The van der Waals surface area contributed by atoms with Gasteiger partial charge in [-0.15, -0.1) is 11.3 Å². The summed E-state index contributed by atoms with van der Waals surface area (Å²) in [5.74, 6) is -0.600. The lowest BCUT2D eigenvalue weighted by Gasteiger charge is -2.14. The topological polar surface area (TPSA) is 102 Å². The highest BCUT2D eigenvalue weighted by Crippen LogP contribution is 2.19. The van der Waals surface area contributed by atoms with Gasteiger partial charge in [0, 0.05) is 31.1 Å². The van der Waals surface area contributed by atoms with Gasteiger partial charge in [-0.25, -0.2) is 4.79 Å². The molecule has 4 rings (SSSR count). The van der Waals surface area contributed by atoms with Crippen LogP contribution in [0.5, 0.6) is 0 Å². The monoisotopic (exact) mass is 528 g/mol. The third-order valence-electron chi connectivity index (χ3n) is 6.29. The van der Waals surface area contributed by atoms with Crippen LogP contribution in [0.4, 0.5) is 0 Å². The van der Waals surface area contributed by atoms with Crippen LogP contribution in [-0.4, -0.2) is 27.5 Å². The Hall–Kier alpha value is -3.17. The molecule has 36 heavy (non-hydrogen) atoms. The number of carbonyl (C=O) groups is 2. The minimum Gasteiger partial charge on any atom is -0.354 e. The molecule has 0 aliphatic heterocycles. The fourth-order valence-electron chi connectivity index (χ4n) is 4.31. The molecule has 2 heterocycles. The van der Waals surface area contributed by atoms with E-state index in [1.165, 1.54) is 34.3 Å². The van der Waals surface area contributed by atoms with Gasteiger partial charge in [0.2, 0.25) is 11.8 Å². The predicted octanol–water partition coefficient (Wildman–Crippen LogP) is 3.59. The van der Waals surface area contributed by atoms with E-state index in [1.807, 2.05) is 12.1 Å². The fraction of sp³-hybridized carbons (Fsp3) is 0.385. The van der Waals surface area contributed by atoms with Gasteiger partial charge in [-0.3, -0.25) is 23.5 Å². The molecular weight excluding hydrogens is 500 g/mol. The molecule has 0 atom stereocenters. The number of nitrogens with one attached hydrogen (secondary N) is 2. The third-order valence-corrected chi connectivity index (χ3v) is 7.55. The predicted molar refractivity (Wildman–Crippen MR) is 142 cm³/mol. The molecular formula is C26H29ClN4O4S. The van der Waals surface area contributed by atoms with E-state index in [0.29, 0.717) is 21.8 Å². The van der Waals surface area contributed by atoms with Gasteiger partial charge in [0.05, 0.1) is 5.52 Å². The maximum atomic E-state index is 13.2. The van der Waals surface area contributed by atoms with Gasteiger partial charge < -0.3 is 10.6 Å². The van der Waals surface area contributed by atoms with Crippen molar-refractivity contribution in [3.63, 3.8) is 0 Å². The lowest BCUT2D eigenvalue weighted by molar-refractivity contribution is -0.122. The normalized spacial score (nSPS) is 13.4. The molecule has 0 unspecified atom stereocenters. The number of amides is 2. The molecule has 10 heteroatoms. The van der Waals surface area contributed by atoms with E-state index in [0.717, 1.165) is 29.4 Å². The highest BCUT2D eigenvalue weighted by atomic mass is 35.5. The van der Waals surface area contributed by atoms with Gasteiger partial charge in [-0.1, -0.05) is 41.4 Å². The van der Waals surface area contributed by atoms with Crippen molar-refractivity contribution in [2.24, 2.45) is 0 Å². The number of aromatic nitrogens is 2. The van der Waals surface area contributed by atoms with E-state index in [-0.39, 0.29) is 37.9 Å². The Bertz CT molecular complexity index is 1400. The van der Waals surface area contributed by atoms with Crippen LogP contribution in [0.3, 0.4) is 0 Å². The van der Waals surface area contributed by atoms with Crippen LogP contribution < -0.4 is 21.9 Å². The number of thiophene rings is 1. The number of halogens is 1. The highest BCUT2D eigenvalue weighted by molar-refractivity contribution is 7.17. The number of hydrogen-bond acceptors (Lipinski definition) is 5. The van der Waals surface area contributed by atoms with Crippen molar-refractivity contribution in [3.8, 4) is 0 Å². The molecule has 0 fully saturated rings. The molecule has 1 aliphatic rings. The molecule has 1 aromatic carbocycles. The number of rotatable bonds is 10. The van der Waals surface area contributed by atoms with Gasteiger partial charge >= 0.3 is 5.69 Å². The van der Waals surface area contributed by atoms with Crippen LogP contribution >= 0.6 is 22.9 Å². The quantitative estimate of drug-likeness (QED) is 0.392. The Balaban J connectivity index is 1.41. The van der Waals surface area contributed by atoms with Crippen molar-refractivity contribution in [2.75, 3.05) is 6.54 Å². The van der Waals surface area contributed by atoms with Crippen LogP contribution in [0, 0.1) is 0 Å². The third kappa shape index (κ3) is 6.33. The van der Waals surface area contributed by atoms with Crippen LogP contribution in [0.25, 0.3) is 10.2 Å². The molecule has 1 aliphatic carbocycles. The molecule has 0 bridgehead atoms. The Kier molecular flexibility index (Phi) is 8.77. The average Bonchev–Trinajstić information content (AvgIpc) is 3.37. The minimum atomic E-state index is -0.602. The number of nitrogens with zero attached hydrogens (tertiary/aromatic N) is 2. The number of benzene rings is 1. The minimum absolute atomic E-state index is 0.0577. The largest absolute Gasteiger partial charge is 0.354 e. The highest BCUT2D eigenvalue weighted by Gasteiger charge is 2.17. The van der Waals surface area contributed by atoms with Crippen LogP contribution in [-0.2, 0) is 29.2 Å². The zero-order valence-corrected chi connectivity index (χ0v) is 21.5. The Morgan fingerprint density at radius 1 is 1.03 bits per heavy atom. The summed E-state index contributed by atoms with van der Waals surface area (Å²) < 4.78 is 2.73. The number of fused-ring (bicyclic) bond motifs is 1. The standard InChI is InChI=1S/C26H29ClN4O4S/c27-20-9-5-4-8-19(20)16-29-22(32)11-14-30-25(34)24-21(12-15-36-24)31(26(30)35)17-23(33)28-13-10-18-6-2-1-3-7-18/h4-6,8-9,12,15H,1-3,7,10-11,13-14,16-17H2,(H,28,33)(H,29,32). The van der Waals surface area contributed by atoms with Crippen LogP contribution in [0.2, 0.25) is 5.02 Å². The second kappa shape index (κ2) is 12.2. The molecule has 2 aromatic heterocycles. The first-order chi connectivity index (χ1) is 17.4. The van der Waals surface area contributed by atoms with E-state index in [1.54, 1.807) is 23.6 Å². The summed E-state index contributed by atoms with van der Waals surface area (Å²) in [5, 5.41) is 7.92. The number of allylic oxidation sites excluding steroid dienone is 1. The first-order valence-corrected chi connectivity index (χ1v) is 13.4. The van der Waals surface area contributed by atoms with Crippen molar-refractivity contribution in [1.29, 1.82) is 0 Å². The molecule has 0 spiro atoms. The van der Waals surface area contributed by atoms with Crippen LogP contribution in [0.15, 0.2) is 57.0 Å². The smallest absolute Gasteiger partial charge is 0.332 e. The summed E-state index contributed by atoms with van der Waals surface area (Å²) >= 11 is 7.33. The molecule has 8 nitrogen and oxygen atoms in total. The molecule has 0 radical (unpaired) electrons. The van der Waals surface area contributed by atoms with Gasteiger partial charge in [-0.2, -0.15) is 0 Å². The van der Waals surface area contributed by atoms with E-state index in [4.69, 9.17) is 11.6 Å². The van der Waals surface area contributed by atoms with Crippen molar-refractivity contribution in [2.45, 2.75) is 58.2 Å². The van der Waals surface area contributed by atoms with Crippen molar-refractivity contribution < 1.29 is 9.59 Å². The molecule has 0 saturated heterocycles. The summed E-state index contributed by atoms with van der Waals surface area (Å²) in [6.07, 6.45) is 7.56. The fourth-order valence-corrected chi connectivity index (χ4v) is 5.36. The second-order valence-electron chi connectivity index (χ2n) is 8.79. The summed E-state index contributed by atoms with van der Waals surface area (Å²) in [4.78, 5) is 51.2. The summed E-state index contributed by atoms with van der Waals surface area (Å²) in [7, 11) is 0. The lowest BCUT2D eigenvalue weighted by atomic mass is 9.97. The van der Waals surface area contributed by atoms with E-state index in [9.17, 15) is 19.2 Å². The first-order valence-electron chi connectivity index (χ1n) is 12.1. The zero-order valence-electron chi connectivity index (χ0n) is 19.9. The number of carbonyl (C=O) groups excluding carboxylic acids is 2. The Morgan fingerprint density at radius 3 is 2.64 bits per heavy atom. The van der Waals surface area contributed by atoms with E-state index >= 15 is 0 Å². The maximum absolute atomic E-state index is 13.2. The maximum Gasteiger partial charge on any atom is 0.332 e. The van der Waals surface area contributed by atoms with Gasteiger partial charge in [0.1, 0.15) is 11.2 Å². The van der Waals surface area contributed by atoms with Gasteiger partial charge in [-0.05, 0) is 55.2 Å². The molecule has 2 amide bonds. The van der Waals surface area contributed by atoms with Gasteiger partial charge in [0.15, 0.2) is 0 Å². The average molecular weight is 529 g/mol.